The zero-order valence-electron chi connectivity index (χ0n) is 11.7. The van der Waals surface area contributed by atoms with Crippen molar-refractivity contribution >= 4 is 11.6 Å². The molecule has 1 unspecified atom stereocenters. The molecule has 0 radical (unpaired) electrons. The Morgan fingerprint density at radius 2 is 1.84 bits per heavy atom. The lowest BCUT2D eigenvalue weighted by atomic mass is 9.97. The summed E-state index contributed by atoms with van der Waals surface area (Å²) in [6, 6.07) is 15.0. The minimum atomic E-state index is 0.292. The topological polar surface area (TPSA) is 12.0 Å². The van der Waals surface area contributed by atoms with Crippen molar-refractivity contribution in [2.75, 3.05) is 7.05 Å². The fraction of sp³-hybridized carbons (Fsp3) is 0.294. The van der Waals surface area contributed by atoms with Crippen LogP contribution in [0.15, 0.2) is 42.5 Å². The van der Waals surface area contributed by atoms with E-state index in [4.69, 9.17) is 11.6 Å². The van der Waals surface area contributed by atoms with Crippen molar-refractivity contribution in [2.45, 2.75) is 26.3 Å². The predicted octanol–water partition coefficient (Wildman–Crippen LogP) is 4.46. The van der Waals surface area contributed by atoms with Crippen LogP contribution in [0.5, 0.6) is 0 Å². The van der Waals surface area contributed by atoms with Gasteiger partial charge in [-0.05, 0) is 61.7 Å². The highest BCUT2D eigenvalue weighted by Gasteiger charge is 2.10. The van der Waals surface area contributed by atoms with E-state index in [1.54, 1.807) is 0 Å². The van der Waals surface area contributed by atoms with E-state index < -0.39 is 0 Å². The van der Waals surface area contributed by atoms with Crippen LogP contribution in [0.2, 0.25) is 5.02 Å². The van der Waals surface area contributed by atoms with Crippen molar-refractivity contribution in [3.63, 3.8) is 0 Å². The van der Waals surface area contributed by atoms with Crippen LogP contribution in [-0.4, -0.2) is 7.05 Å². The fourth-order valence-electron chi connectivity index (χ4n) is 2.28. The molecule has 2 rings (SSSR count). The van der Waals surface area contributed by atoms with Crippen LogP contribution in [-0.2, 0) is 6.42 Å². The molecular weight excluding hydrogens is 254 g/mol. The van der Waals surface area contributed by atoms with Gasteiger partial charge in [0.25, 0.3) is 0 Å². The van der Waals surface area contributed by atoms with E-state index in [1.165, 1.54) is 22.3 Å². The first kappa shape index (κ1) is 14.1. The Labute approximate surface area is 120 Å². The molecule has 1 N–H and O–H groups in total. The summed E-state index contributed by atoms with van der Waals surface area (Å²) < 4.78 is 0. The Kier molecular flexibility index (Phi) is 4.62. The highest BCUT2D eigenvalue weighted by Crippen LogP contribution is 2.22. The quantitative estimate of drug-likeness (QED) is 0.867. The number of aryl methyl sites for hydroxylation is 2. The standard InChI is InChI=1S/C17H20ClN/c1-12-7-8-14(9-13(12)2)10-17(19-3)15-5-4-6-16(18)11-15/h4-9,11,17,19H,10H2,1-3H3. The third-order valence-electron chi connectivity index (χ3n) is 3.61. The Morgan fingerprint density at radius 1 is 1.05 bits per heavy atom. The van der Waals surface area contributed by atoms with Crippen molar-refractivity contribution < 1.29 is 0 Å². The Morgan fingerprint density at radius 3 is 2.47 bits per heavy atom. The molecule has 0 spiro atoms. The minimum absolute atomic E-state index is 0.292. The van der Waals surface area contributed by atoms with Gasteiger partial charge in [-0.2, -0.15) is 0 Å². The first-order chi connectivity index (χ1) is 9.10. The lowest BCUT2D eigenvalue weighted by Crippen LogP contribution is -2.18. The number of likely N-dealkylation sites (N-methyl/N-ethyl adjacent to an activating group) is 1. The van der Waals surface area contributed by atoms with Gasteiger partial charge in [-0.3, -0.25) is 0 Å². The summed E-state index contributed by atoms with van der Waals surface area (Å²) in [5, 5.41) is 4.16. The molecule has 0 saturated heterocycles. The molecule has 2 aromatic carbocycles. The zero-order valence-corrected chi connectivity index (χ0v) is 12.5. The first-order valence-electron chi connectivity index (χ1n) is 6.59. The maximum Gasteiger partial charge on any atom is 0.0409 e. The Bertz CT molecular complexity index is 563. The molecule has 100 valence electrons. The highest BCUT2D eigenvalue weighted by molar-refractivity contribution is 6.30. The summed E-state index contributed by atoms with van der Waals surface area (Å²) >= 11 is 6.07. The summed E-state index contributed by atoms with van der Waals surface area (Å²) in [6.45, 7) is 4.30. The van der Waals surface area contributed by atoms with Crippen LogP contribution in [0.3, 0.4) is 0 Å². The summed E-state index contributed by atoms with van der Waals surface area (Å²) in [6.07, 6.45) is 0.970. The lowest BCUT2D eigenvalue weighted by Gasteiger charge is -2.17. The van der Waals surface area contributed by atoms with Gasteiger partial charge >= 0.3 is 0 Å². The number of nitrogens with one attached hydrogen (secondary N) is 1. The van der Waals surface area contributed by atoms with Crippen molar-refractivity contribution in [3.8, 4) is 0 Å². The van der Waals surface area contributed by atoms with Gasteiger partial charge in [0.2, 0.25) is 0 Å². The largest absolute Gasteiger partial charge is 0.313 e. The van der Waals surface area contributed by atoms with Gasteiger partial charge in [-0.15, -0.1) is 0 Å². The predicted molar refractivity (Wildman–Crippen MR) is 82.9 cm³/mol. The number of hydrogen-bond donors (Lipinski definition) is 1. The third kappa shape index (κ3) is 3.59. The first-order valence-corrected chi connectivity index (χ1v) is 6.97. The molecular formula is C17H20ClN. The number of halogens is 1. The summed E-state index contributed by atoms with van der Waals surface area (Å²) in [4.78, 5) is 0. The second-order valence-corrected chi connectivity index (χ2v) is 5.46. The molecule has 2 aromatic rings. The summed E-state index contributed by atoms with van der Waals surface area (Å²) in [5.74, 6) is 0. The van der Waals surface area contributed by atoms with Crippen molar-refractivity contribution in [1.82, 2.24) is 5.32 Å². The SMILES string of the molecule is CNC(Cc1ccc(C)c(C)c1)c1cccc(Cl)c1. The molecule has 0 heterocycles. The summed E-state index contributed by atoms with van der Waals surface area (Å²) in [5.41, 5.74) is 5.27. The molecule has 0 amide bonds. The second kappa shape index (κ2) is 6.23. The van der Waals surface area contributed by atoms with Gasteiger partial charge in [0.05, 0.1) is 0 Å². The molecule has 0 aromatic heterocycles. The molecule has 0 saturated carbocycles. The normalized spacial score (nSPS) is 12.4. The molecule has 0 bridgehead atoms. The third-order valence-corrected chi connectivity index (χ3v) is 3.85. The monoisotopic (exact) mass is 273 g/mol. The van der Waals surface area contributed by atoms with Crippen LogP contribution in [0.4, 0.5) is 0 Å². The van der Waals surface area contributed by atoms with Gasteiger partial charge in [0.15, 0.2) is 0 Å². The van der Waals surface area contributed by atoms with E-state index in [9.17, 15) is 0 Å². The molecule has 19 heavy (non-hydrogen) atoms. The van der Waals surface area contributed by atoms with Crippen molar-refractivity contribution in [3.05, 3.63) is 69.7 Å². The van der Waals surface area contributed by atoms with E-state index in [0.29, 0.717) is 6.04 Å². The number of rotatable bonds is 4. The zero-order chi connectivity index (χ0) is 13.8. The van der Waals surface area contributed by atoms with Crippen LogP contribution < -0.4 is 5.32 Å². The van der Waals surface area contributed by atoms with Crippen molar-refractivity contribution in [2.24, 2.45) is 0 Å². The fourth-order valence-corrected chi connectivity index (χ4v) is 2.47. The van der Waals surface area contributed by atoms with Crippen LogP contribution in [0, 0.1) is 13.8 Å². The average molecular weight is 274 g/mol. The highest BCUT2D eigenvalue weighted by atomic mass is 35.5. The minimum Gasteiger partial charge on any atom is -0.313 e. The lowest BCUT2D eigenvalue weighted by molar-refractivity contribution is 0.592. The van der Waals surface area contributed by atoms with Crippen LogP contribution in [0.25, 0.3) is 0 Å². The second-order valence-electron chi connectivity index (χ2n) is 5.02. The molecule has 0 fully saturated rings. The van der Waals surface area contributed by atoms with E-state index in [2.05, 4.69) is 43.4 Å². The van der Waals surface area contributed by atoms with Crippen LogP contribution >= 0.6 is 11.6 Å². The maximum absolute atomic E-state index is 6.07. The number of hydrogen-bond acceptors (Lipinski definition) is 1. The molecule has 0 aliphatic rings. The average Bonchev–Trinajstić information content (AvgIpc) is 2.40. The molecule has 1 nitrogen and oxygen atoms in total. The Hall–Kier alpha value is -1.31. The maximum atomic E-state index is 6.07. The summed E-state index contributed by atoms with van der Waals surface area (Å²) in [7, 11) is 1.99. The molecule has 1 atom stereocenters. The van der Waals surface area contributed by atoms with Gasteiger partial charge in [-0.25, -0.2) is 0 Å². The van der Waals surface area contributed by atoms with Gasteiger partial charge in [0.1, 0.15) is 0 Å². The van der Waals surface area contributed by atoms with Crippen LogP contribution in [0.1, 0.15) is 28.3 Å². The van der Waals surface area contributed by atoms with Gasteiger partial charge in [0, 0.05) is 11.1 Å². The van der Waals surface area contributed by atoms with E-state index in [1.807, 2.05) is 25.2 Å². The smallest absolute Gasteiger partial charge is 0.0409 e. The number of benzene rings is 2. The molecule has 0 aliphatic heterocycles. The van der Waals surface area contributed by atoms with E-state index in [0.717, 1.165) is 11.4 Å². The molecule has 2 heteroatoms. The van der Waals surface area contributed by atoms with Crippen molar-refractivity contribution in [1.29, 1.82) is 0 Å². The van der Waals surface area contributed by atoms with E-state index >= 15 is 0 Å². The molecule has 0 aliphatic carbocycles. The van der Waals surface area contributed by atoms with E-state index in [-0.39, 0.29) is 0 Å². The van der Waals surface area contributed by atoms with Gasteiger partial charge in [-0.1, -0.05) is 41.9 Å². The van der Waals surface area contributed by atoms with Gasteiger partial charge < -0.3 is 5.32 Å². The Balaban J connectivity index is 2.21.